The Bertz CT molecular complexity index is 592. The number of halogens is 2. The van der Waals surface area contributed by atoms with Crippen molar-refractivity contribution in [3.8, 4) is 0 Å². The van der Waals surface area contributed by atoms with E-state index < -0.39 is 18.5 Å². The third kappa shape index (κ3) is 2.63. The molecule has 1 unspecified atom stereocenters. The lowest BCUT2D eigenvalue weighted by Gasteiger charge is -2.11. The number of furan rings is 1. The van der Waals surface area contributed by atoms with Gasteiger partial charge >= 0.3 is 5.97 Å². The first-order chi connectivity index (χ1) is 9.00. The summed E-state index contributed by atoms with van der Waals surface area (Å²) in [5.41, 5.74) is -0.301. The second-order valence-electron chi connectivity index (χ2n) is 3.88. The van der Waals surface area contributed by atoms with Crippen molar-refractivity contribution in [3.05, 3.63) is 59.0 Å². The lowest BCUT2D eigenvalue weighted by atomic mass is 10.0. The van der Waals surface area contributed by atoms with E-state index in [2.05, 4.69) is 0 Å². The molecule has 19 heavy (non-hydrogen) atoms. The Kier molecular flexibility index (Phi) is 3.62. The number of carbonyl (C=O) groups is 1. The van der Waals surface area contributed by atoms with Gasteiger partial charge in [-0.3, -0.25) is 0 Å². The Labute approximate surface area is 106 Å². The van der Waals surface area contributed by atoms with Crippen LogP contribution in [0.5, 0.6) is 0 Å². The topological polar surface area (TPSA) is 70.7 Å². The van der Waals surface area contributed by atoms with Gasteiger partial charge in [-0.2, -0.15) is 0 Å². The summed E-state index contributed by atoms with van der Waals surface area (Å²) in [5.74, 6) is -1.44. The molecule has 0 fully saturated rings. The molecule has 0 saturated heterocycles. The molecule has 0 aliphatic heterocycles. The molecule has 1 aromatic heterocycles. The standard InChI is InChI=1S/C13H10F2O4/c14-12(15)8-3-1-2-7(6-8)10(16)11-9(13(17)18)4-5-19-11/h1-6,10,12,16H,(H,17,18). The Hall–Kier alpha value is -2.21. The van der Waals surface area contributed by atoms with Gasteiger partial charge in [0.1, 0.15) is 11.7 Å². The average molecular weight is 268 g/mol. The van der Waals surface area contributed by atoms with Crippen LogP contribution in [0.25, 0.3) is 0 Å². The average Bonchev–Trinajstić information content (AvgIpc) is 2.87. The Morgan fingerprint density at radius 1 is 1.21 bits per heavy atom. The van der Waals surface area contributed by atoms with Gasteiger partial charge in [-0.1, -0.05) is 18.2 Å². The van der Waals surface area contributed by atoms with Gasteiger partial charge in [0.25, 0.3) is 6.43 Å². The number of alkyl halides is 2. The summed E-state index contributed by atoms with van der Waals surface area (Å²) in [6.45, 7) is 0. The van der Waals surface area contributed by atoms with Crippen LogP contribution in [0.4, 0.5) is 8.78 Å². The van der Waals surface area contributed by atoms with Crippen LogP contribution in [0, 0.1) is 0 Å². The van der Waals surface area contributed by atoms with Crippen LogP contribution < -0.4 is 0 Å². The molecule has 1 heterocycles. The van der Waals surface area contributed by atoms with E-state index >= 15 is 0 Å². The molecule has 4 nitrogen and oxygen atoms in total. The fourth-order valence-corrected chi connectivity index (χ4v) is 1.73. The molecule has 1 atom stereocenters. The number of carboxylic acid groups (broad SMARTS) is 1. The van der Waals surface area contributed by atoms with Crippen molar-refractivity contribution in [1.29, 1.82) is 0 Å². The van der Waals surface area contributed by atoms with E-state index in [-0.39, 0.29) is 22.5 Å². The van der Waals surface area contributed by atoms with Gasteiger partial charge < -0.3 is 14.6 Å². The van der Waals surface area contributed by atoms with Crippen LogP contribution in [0.1, 0.15) is 39.8 Å². The predicted molar refractivity (Wildman–Crippen MR) is 61.1 cm³/mol. The fraction of sp³-hybridized carbons (Fsp3) is 0.154. The molecular weight excluding hydrogens is 258 g/mol. The van der Waals surface area contributed by atoms with Gasteiger partial charge in [0.15, 0.2) is 5.76 Å². The van der Waals surface area contributed by atoms with Crippen LogP contribution in [-0.4, -0.2) is 16.2 Å². The highest BCUT2D eigenvalue weighted by molar-refractivity contribution is 5.88. The number of hydrogen-bond donors (Lipinski definition) is 2. The third-order valence-electron chi connectivity index (χ3n) is 2.65. The van der Waals surface area contributed by atoms with Crippen molar-refractivity contribution in [1.82, 2.24) is 0 Å². The summed E-state index contributed by atoms with van der Waals surface area (Å²) in [4.78, 5) is 10.9. The van der Waals surface area contributed by atoms with Gasteiger partial charge in [-0.25, -0.2) is 13.6 Å². The maximum absolute atomic E-state index is 12.6. The van der Waals surface area contributed by atoms with Crippen LogP contribution in [0.3, 0.4) is 0 Å². The van der Waals surface area contributed by atoms with Crippen molar-refractivity contribution in [2.24, 2.45) is 0 Å². The second kappa shape index (κ2) is 5.19. The number of aromatic carboxylic acids is 1. The van der Waals surface area contributed by atoms with Gasteiger partial charge in [-0.15, -0.1) is 0 Å². The minimum Gasteiger partial charge on any atom is -0.478 e. The molecule has 1 aromatic carbocycles. The lowest BCUT2D eigenvalue weighted by molar-refractivity contribution is 0.0687. The maximum atomic E-state index is 12.6. The van der Waals surface area contributed by atoms with E-state index in [4.69, 9.17) is 9.52 Å². The van der Waals surface area contributed by atoms with E-state index in [0.717, 1.165) is 12.3 Å². The van der Waals surface area contributed by atoms with Crippen molar-refractivity contribution < 1.29 is 28.2 Å². The summed E-state index contributed by atoms with van der Waals surface area (Å²) < 4.78 is 30.0. The van der Waals surface area contributed by atoms with Crippen LogP contribution >= 0.6 is 0 Å². The molecule has 0 radical (unpaired) electrons. The summed E-state index contributed by atoms with van der Waals surface area (Å²) in [7, 11) is 0. The highest BCUT2D eigenvalue weighted by atomic mass is 19.3. The second-order valence-corrected chi connectivity index (χ2v) is 3.88. The molecule has 0 bridgehead atoms. The largest absolute Gasteiger partial charge is 0.478 e. The molecule has 0 amide bonds. The molecule has 0 aliphatic rings. The molecular formula is C13H10F2O4. The molecule has 2 aromatic rings. The number of aliphatic hydroxyl groups is 1. The third-order valence-corrected chi connectivity index (χ3v) is 2.65. The highest BCUT2D eigenvalue weighted by Crippen LogP contribution is 2.28. The van der Waals surface area contributed by atoms with Crippen LogP contribution in [0.2, 0.25) is 0 Å². The zero-order valence-corrected chi connectivity index (χ0v) is 9.59. The van der Waals surface area contributed by atoms with Crippen molar-refractivity contribution in [2.75, 3.05) is 0 Å². The fourth-order valence-electron chi connectivity index (χ4n) is 1.73. The molecule has 2 N–H and O–H groups in total. The smallest absolute Gasteiger partial charge is 0.339 e. The normalized spacial score (nSPS) is 12.6. The number of aliphatic hydroxyl groups excluding tert-OH is 1. The van der Waals surface area contributed by atoms with Gasteiger partial charge in [-0.05, 0) is 17.7 Å². The monoisotopic (exact) mass is 268 g/mol. The molecule has 6 heteroatoms. The van der Waals surface area contributed by atoms with Crippen molar-refractivity contribution in [3.63, 3.8) is 0 Å². The number of rotatable bonds is 4. The summed E-state index contributed by atoms with van der Waals surface area (Å²) in [6, 6.07) is 6.32. The van der Waals surface area contributed by atoms with E-state index in [1.165, 1.54) is 24.3 Å². The van der Waals surface area contributed by atoms with E-state index in [1.807, 2.05) is 0 Å². The molecule has 2 rings (SSSR count). The zero-order chi connectivity index (χ0) is 14.0. The van der Waals surface area contributed by atoms with Gasteiger partial charge in [0.05, 0.1) is 6.26 Å². The Morgan fingerprint density at radius 2 is 1.89 bits per heavy atom. The highest BCUT2D eigenvalue weighted by Gasteiger charge is 2.23. The summed E-state index contributed by atoms with van der Waals surface area (Å²) in [6.07, 6.45) is -2.94. The van der Waals surface area contributed by atoms with E-state index in [0.29, 0.717) is 0 Å². The molecule has 0 saturated carbocycles. The minimum atomic E-state index is -2.66. The van der Waals surface area contributed by atoms with Gasteiger partial charge in [0, 0.05) is 5.56 Å². The van der Waals surface area contributed by atoms with E-state index in [9.17, 15) is 18.7 Å². The number of benzene rings is 1. The van der Waals surface area contributed by atoms with Crippen LogP contribution in [-0.2, 0) is 0 Å². The maximum Gasteiger partial charge on any atom is 0.339 e. The summed E-state index contributed by atoms with van der Waals surface area (Å²) >= 11 is 0. The first kappa shape index (κ1) is 13.2. The number of hydrogen-bond acceptors (Lipinski definition) is 3. The van der Waals surface area contributed by atoms with Gasteiger partial charge in [0.2, 0.25) is 0 Å². The number of carboxylic acids is 1. The molecule has 0 aliphatic carbocycles. The van der Waals surface area contributed by atoms with E-state index in [1.54, 1.807) is 0 Å². The van der Waals surface area contributed by atoms with Crippen molar-refractivity contribution in [2.45, 2.75) is 12.5 Å². The molecule has 100 valence electrons. The SMILES string of the molecule is O=C(O)c1ccoc1C(O)c1cccc(C(F)F)c1. The van der Waals surface area contributed by atoms with Crippen molar-refractivity contribution >= 4 is 5.97 Å². The molecule has 0 spiro atoms. The lowest BCUT2D eigenvalue weighted by Crippen LogP contribution is -2.06. The quantitative estimate of drug-likeness (QED) is 0.894. The summed E-state index contributed by atoms with van der Waals surface area (Å²) in [5, 5.41) is 18.9. The minimum absolute atomic E-state index is 0.148. The first-order valence-corrected chi connectivity index (χ1v) is 5.37. The van der Waals surface area contributed by atoms with Crippen LogP contribution in [0.15, 0.2) is 41.0 Å². The first-order valence-electron chi connectivity index (χ1n) is 5.37. The Morgan fingerprint density at radius 3 is 2.53 bits per heavy atom. The Balaban J connectivity index is 2.38. The zero-order valence-electron chi connectivity index (χ0n) is 9.59. The predicted octanol–water partition coefficient (Wildman–Crippen LogP) is 3.00.